The van der Waals surface area contributed by atoms with E-state index in [0.717, 1.165) is 11.3 Å². The third kappa shape index (κ3) is 5.14. The monoisotopic (exact) mass is 323 g/mol. The minimum atomic E-state index is -0.547. The van der Waals surface area contributed by atoms with Gasteiger partial charge in [0.15, 0.2) is 0 Å². The second-order valence-electron chi connectivity index (χ2n) is 5.43. The molecule has 0 bridgehead atoms. The van der Waals surface area contributed by atoms with Crippen LogP contribution in [0.1, 0.15) is 24.3 Å². The van der Waals surface area contributed by atoms with Crippen molar-refractivity contribution < 1.29 is 14.3 Å². The van der Waals surface area contributed by atoms with Gasteiger partial charge in [0.05, 0.1) is 31.6 Å². The van der Waals surface area contributed by atoms with Crippen LogP contribution in [0.25, 0.3) is 0 Å². The average molecular weight is 324 g/mol. The largest absolute Gasteiger partial charge is 0.468 e. The molecule has 0 fully saturated rings. The maximum absolute atomic E-state index is 10.1. The van der Waals surface area contributed by atoms with E-state index in [4.69, 9.17) is 20.8 Å². The first-order chi connectivity index (χ1) is 10.6. The van der Waals surface area contributed by atoms with Gasteiger partial charge in [0.2, 0.25) is 0 Å². The zero-order valence-electron chi connectivity index (χ0n) is 12.9. The summed E-state index contributed by atoms with van der Waals surface area (Å²) in [5, 5.41) is 10.8. The highest BCUT2D eigenvalue weighted by molar-refractivity contribution is 6.30. The molecule has 2 aromatic rings. The number of rotatable bonds is 8. The summed E-state index contributed by atoms with van der Waals surface area (Å²) in [5.74, 6) is 0.886. The van der Waals surface area contributed by atoms with E-state index in [1.54, 1.807) is 6.26 Å². The fourth-order valence-electron chi connectivity index (χ4n) is 2.18. The van der Waals surface area contributed by atoms with Gasteiger partial charge in [-0.2, -0.15) is 0 Å². The van der Waals surface area contributed by atoms with Crippen molar-refractivity contribution in [1.82, 2.24) is 4.90 Å². The van der Waals surface area contributed by atoms with Crippen molar-refractivity contribution >= 4 is 11.6 Å². The maximum atomic E-state index is 10.1. The molecule has 2 atom stereocenters. The van der Waals surface area contributed by atoms with Crippen LogP contribution in [0.4, 0.5) is 0 Å². The molecule has 0 aliphatic carbocycles. The number of hydrogen-bond donors (Lipinski definition) is 1. The topological polar surface area (TPSA) is 45.8 Å². The van der Waals surface area contributed by atoms with E-state index in [2.05, 4.69) is 0 Å². The molecule has 1 N–H and O–H groups in total. The number of likely N-dealkylation sites (N-methyl/N-ethyl adjacent to an activating group) is 1. The van der Waals surface area contributed by atoms with Gasteiger partial charge in [-0.15, -0.1) is 0 Å². The van der Waals surface area contributed by atoms with Crippen molar-refractivity contribution in [2.75, 3.05) is 20.2 Å². The molecular formula is C17H22ClNO3. The number of aliphatic hydroxyl groups excluding tert-OH is 1. The van der Waals surface area contributed by atoms with Gasteiger partial charge in [-0.1, -0.05) is 23.7 Å². The molecule has 4 nitrogen and oxygen atoms in total. The Morgan fingerprint density at radius 2 is 2.00 bits per heavy atom. The molecule has 2 unspecified atom stereocenters. The van der Waals surface area contributed by atoms with Crippen molar-refractivity contribution in [2.45, 2.75) is 25.7 Å². The quantitative estimate of drug-likeness (QED) is 0.807. The van der Waals surface area contributed by atoms with Gasteiger partial charge in [-0.3, -0.25) is 4.90 Å². The molecule has 1 heterocycles. The summed E-state index contributed by atoms with van der Waals surface area (Å²) in [4.78, 5) is 2.04. The molecule has 5 heteroatoms. The van der Waals surface area contributed by atoms with Gasteiger partial charge < -0.3 is 14.3 Å². The summed E-state index contributed by atoms with van der Waals surface area (Å²) in [6, 6.07) is 11.4. The maximum Gasteiger partial charge on any atom is 0.120 e. The Morgan fingerprint density at radius 1 is 1.27 bits per heavy atom. The number of hydrogen-bond acceptors (Lipinski definition) is 4. The molecule has 22 heavy (non-hydrogen) atoms. The molecule has 0 saturated heterocycles. The zero-order valence-corrected chi connectivity index (χ0v) is 13.7. The average Bonchev–Trinajstić information content (AvgIpc) is 3.02. The normalized spacial score (nSPS) is 14.2. The van der Waals surface area contributed by atoms with Crippen molar-refractivity contribution in [1.29, 1.82) is 0 Å². The zero-order chi connectivity index (χ0) is 15.9. The van der Waals surface area contributed by atoms with Gasteiger partial charge >= 0.3 is 0 Å². The van der Waals surface area contributed by atoms with E-state index in [1.807, 2.05) is 55.3 Å². The molecule has 0 radical (unpaired) electrons. The Morgan fingerprint density at radius 3 is 2.64 bits per heavy atom. The van der Waals surface area contributed by atoms with Crippen molar-refractivity contribution in [3.63, 3.8) is 0 Å². The van der Waals surface area contributed by atoms with Crippen LogP contribution in [0.5, 0.6) is 0 Å². The third-order valence-electron chi connectivity index (χ3n) is 3.61. The minimum Gasteiger partial charge on any atom is -0.468 e. The summed E-state index contributed by atoms with van der Waals surface area (Å²) in [6.07, 6.45) is 1.11. The van der Waals surface area contributed by atoms with Crippen LogP contribution in [-0.4, -0.2) is 36.3 Å². The minimum absolute atomic E-state index is 0.112. The van der Waals surface area contributed by atoms with Gasteiger partial charge in [0.25, 0.3) is 0 Å². The number of halogens is 1. The second-order valence-corrected chi connectivity index (χ2v) is 5.86. The summed E-state index contributed by atoms with van der Waals surface area (Å²) in [6.45, 7) is 3.31. The van der Waals surface area contributed by atoms with Crippen LogP contribution in [0, 0.1) is 0 Å². The number of benzene rings is 1. The predicted molar refractivity (Wildman–Crippen MR) is 86.9 cm³/mol. The van der Waals surface area contributed by atoms with E-state index in [1.165, 1.54) is 0 Å². The number of furan rings is 1. The first-order valence-corrected chi connectivity index (χ1v) is 7.68. The van der Waals surface area contributed by atoms with E-state index < -0.39 is 6.10 Å². The van der Waals surface area contributed by atoms with Gasteiger partial charge in [0, 0.05) is 11.6 Å². The Balaban J connectivity index is 1.71. The lowest BCUT2D eigenvalue weighted by atomic mass is 10.2. The van der Waals surface area contributed by atoms with Gasteiger partial charge in [0.1, 0.15) is 5.76 Å². The number of nitrogens with zero attached hydrogens (tertiary/aromatic N) is 1. The number of aliphatic hydroxyl groups is 1. The Kier molecular flexibility index (Phi) is 6.46. The summed E-state index contributed by atoms with van der Waals surface area (Å²) in [5.41, 5.74) is 1.04. The second kappa shape index (κ2) is 8.34. The fourth-order valence-corrected chi connectivity index (χ4v) is 2.31. The molecule has 1 aromatic heterocycles. The van der Waals surface area contributed by atoms with Gasteiger partial charge in [-0.25, -0.2) is 0 Å². The van der Waals surface area contributed by atoms with Crippen LogP contribution < -0.4 is 0 Å². The molecule has 1 aromatic carbocycles. The summed E-state index contributed by atoms with van der Waals surface area (Å²) in [7, 11) is 1.95. The van der Waals surface area contributed by atoms with E-state index in [0.29, 0.717) is 18.2 Å². The Hall–Kier alpha value is -1.33. The molecule has 0 spiro atoms. The highest BCUT2D eigenvalue weighted by Gasteiger charge is 2.17. The SMILES string of the molecule is CC(c1ccco1)N(C)CC(O)COCc1ccc(Cl)cc1. The van der Waals surface area contributed by atoms with Crippen molar-refractivity contribution in [3.8, 4) is 0 Å². The Bertz CT molecular complexity index is 542. The number of ether oxygens (including phenoxy) is 1. The Labute approximate surface area is 136 Å². The van der Waals surface area contributed by atoms with Crippen LogP contribution >= 0.6 is 11.6 Å². The summed E-state index contributed by atoms with van der Waals surface area (Å²) >= 11 is 5.83. The van der Waals surface area contributed by atoms with Crippen LogP contribution in [-0.2, 0) is 11.3 Å². The van der Waals surface area contributed by atoms with Crippen molar-refractivity contribution in [2.24, 2.45) is 0 Å². The van der Waals surface area contributed by atoms with Crippen LogP contribution in [0.2, 0.25) is 5.02 Å². The van der Waals surface area contributed by atoms with Crippen LogP contribution in [0.15, 0.2) is 47.1 Å². The van der Waals surface area contributed by atoms with Crippen LogP contribution in [0.3, 0.4) is 0 Å². The first kappa shape index (κ1) is 17.0. The first-order valence-electron chi connectivity index (χ1n) is 7.30. The molecule has 0 aliphatic heterocycles. The highest BCUT2D eigenvalue weighted by Crippen LogP contribution is 2.19. The molecule has 0 amide bonds. The van der Waals surface area contributed by atoms with E-state index in [-0.39, 0.29) is 12.6 Å². The molecular weight excluding hydrogens is 302 g/mol. The van der Waals surface area contributed by atoms with Gasteiger partial charge in [-0.05, 0) is 43.8 Å². The molecule has 0 aliphatic rings. The summed E-state index contributed by atoms with van der Waals surface area (Å²) < 4.78 is 10.9. The molecule has 2 rings (SSSR count). The molecule has 120 valence electrons. The van der Waals surface area contributed by atoms with E-state index >= 15 is 0 Å². The highest BCUT2D eigenvalue weighted by atomic mass is 35.5. The molecule has 0 saturated carbocycles. The lowest BCUT2D eigenvalue weighted by Crippen LogP contribution is -2.33. The third-order valence-corrected chi connectivity index (χ3v) is 3.86. The van der Waals surface area contributed by atoms with E-state index in [9.17, 15) is 5.11 Å². The smallest absolute Gasteiger partial charge is 0.120 e. The van der Waals surface area contributed by atoms with Crippen molar-refractivity contribution in [3.05, 3.63) is 59.0 Å². The lowest BCUT2D eigenvalue weighted by Gasteiger charge is -2.25. The standard InChI is InChI=1S/C17H22ClNO3/c1-13(17-4-3-9-22-17)19(2)10-16(20)12-21-11-14-5-7-15(18)8-6-14/h3-9,13,16,20H,10-12H2,1-2H3. The predicted octanol–water partition coefficient (Wildman–Crippen LogP) is 3.50. The lowest BCUT2D eigenvalue weighted by molar-refractivity contribution is 0.00726. The fraction of sp³-hybridized carbons (Fsp3) is 0.412.